The quantitative estimate of drug-likeness (QED) is 0.771. The van der Waals surface area contributed by atoms with Gasteiger partial charge in [0.2, 0.25) is 11.8 Å². The molecule has 1 heterocycles. The Hall–Kier alpha value is -2.22. The van der Waals surface area contributed by atoms with Crippen LogP contribution in [0.25, 0.3) is 0 Å². The molecule has 6 nitrogen and oxygen atoms in total. The Labute approximate surface area is 163 Å². The van der Waals surface area contributed by atoms with Crippen molar-refractivity contribution in [3.05, 3.63) is 24.3 Å². The van der Waals surface area contributed by atoms with Gasteiger partial charge in [0.15, 0.2) is 0 Å². The molecule has 1 aromatic carbocycles. The summed E-state index contributed by atoms with van der Waals surface area (Å²) in [7, 11) is 0. The van der Waals surface area contributed by atoms with Crippen molar-refractivity contribution in [3.8, 4) is 5.75 Å². The van der Waals surface area contributed by atoms with Crippen molar-refractivity contribution in [2.75, 3.05) is 38.0 Å². The third kappa shape index (κ3) is 5.89. The predicted molar refractivity (Wildman–Crippen MR) is 101 cm³/mol. The van der Waals surface area contributed by atoms with Gasteiger partial charge in [-0.3, -0.25) is 14.5 Å². The summed E-state index contributed by atoms with van der Waals surface area (Å²) in [6.45, 7) is -0.327. The molecular weight excluding hydrogens is 368 g/mol. The first kappa shape index (κ1) is 20.5. The number of nitrogens with one attached hydrogen (secondary N) is 1. The first-order chi connectivity index (χ1) is 13.5. The van der Waals surface area contributed by atoms with Crippen LogP contribution in [0.5, 0.6) is 5.75 Å². The van der Waals surface area contributed by atoms with Gasteiger partial charge in [-0.2, -0.15) is 8.78 Å². The number of carbonyl (C=O) groups excluding carboxylic acids is 2. The average Bonchev–Trinajstić information content (AvgIpc) is 3.16. The van der Waals surface area contributed by atoms with Crippen molar-refractivity contribution in [3.63, 3.8) is 0 Å². The van der Waals surface area contributed by atoms with Crippen LogP contribution in [0.2, 0.25) is 0 Å². The number of alkyl halides is 2. The number of para-hydroxylation sites is 2. The van der Waals surface area contributed by atoms with E-state index >= 15 is 0 Å². The Kier molecular flexibility index (Phi) is 7.19. The molecule has 2 fully saturated rings. The number of nitrogens with zero attached hydrogens (tertiary/aromatic N) is 2. The highest BCUT2D eigenvalue weighted by atomic mass is 19.3. The zero-order valence-corrected chi connectivity index (χ0v) is 15.9. The first-order valence-corrected chi connectivity index (χ1v) is 9.85. The van der Waals surface area contributed by atoms with Gasteiger partial charge in [0.1, 0.15) is 5.75 Å². The zero-order valence-electron chi connectivity index (χ0n) is 15.9. The molecule has 1 aliphatic heterocycles. The lowest BCUT2D eigenvalue weighted by Crippen LogP contribution is -2.50. The number of carbonyl (C=O) groups is 2. The Balaban J connectivity index is 1.43. The van der Waals surface area contributed by atoms with Crippen LogP contribution < -0.4 is 10.1 Å². The summed E-state index contributed by atoms with van der Waals surface area (Å²) in [5.41, 5.74) is 0.221. The van der Waals surface area contributed by atoms with Crippen molar-refractivity contribution in [1.29, 1.82) is 0 Å². The van der Waals surface area contributed by atoms with E-state index < -0.39 is 6.61 Å². The summed E-state index contributed by atoms with van der Waals surface area (Å²) in [6, 6.07) is 6.11. The van der Waals surface area contributed by atoms with Gasteiger partial charge in [0, 0.05) is 32.6 Å². The maximum absolute atomic E-state index is 12.5. The van der Waals surface area contributed by atoms with Gasteiger partial charge in [-0.1, -0.05) is 25.0 Å². The summed E-state index contributed by atoms with van der Waals surface area (Å²) >= 11 is 0. The number of anilines is 1. The SMILES string of the molecule is O=C(CN1CCN(C(=O)CC2CCCC2)CC1)Nc1ccccc1OC(F)F. The molecular formula is C20H27F2N3O3. The molecule has 2 amide bonds. The fourth-order valence-corrected chi connectivity index (χ4v) is 3.91. The van der Waals surface area contributed by atoms with E-state index in [-0.39, 0.29) is 29.8 Å². The number of hydrogen-bond acceptors (Lipinski definition) is 4. The fourth-order valence-electron chi connectivity index (χ4n) is 3.91. The summed E-state index contributed by atoms with van der Waals surface area (Å²) in [4.78, 5) is 28.5. The molecule has 0 spiro atoms. The van der Waals surface area contributed by atoms with Crippen LogP contribution in [-0.4, -0.2) is 60.9 Å². The predicted octanol–water partition coefficient (Wildman–Crippen LogP) is 2.95. The third-order valence-corrected chi connectivity index (χ3v) is 5.41. The van der Waals surface area contributed by atoms with Crippen LogP contribution in [0.4, 0.5) is 14.5 Å². The Bertz CT molecular complexity index is 672. The minimum absolute atomic E-state index is 0.0619. The van der Waals surface area contributed by atoms with E-state index in [9.17, 15) is 18.4 Å². The molecule has 2 aliphatic rings. The Morgan fingerprint density at radius 2 is 1.79 bits per heavy atom. The van der Waals surface area contributed by atoms with Crippen LogP contribution >= 0.6 is 0 Å². The van der Waals surface area contributed by atoms with E-state index in [1.165, 1.54) is 25.0 Å². The molecule has 0 unspecified atom stereocenters. The molecule has 0 radical (unpaired) electrons. The lowest BCUT2D eigenvalue weighted by molar-refractivity contribution is -0.134. The number of amides is 2. The third-order valence-electron chi connectivity index (χ3n) is 5.41. The molecule has 8 heteroatoms. The molecule has 1 aliphatic carbocycles. The molecule has 0 atom stereocenters. The summed E-state index contributed by atoms with van der Waals surface area (Å²) in [5.74, 6) is 0.394. The van der Waals surface area contributed by atoms with Crippen LogP contribution in [0.1, 0.15) is 32.1 Å². The number of hydrogen-bond donors (Lipinski definition) is 1. The standard InChI is InChI=1S/C20H27F2N3O3/c21-20(22)28-17-8-4-3-7-16(17)23-18(26)14-24-9-11-25(12-10-24)19(27)13-15-5-1-2-6-15/h3-4,7-8,15,20H,1-2,5-6,9-14H2,(H,23,26). The van der Waals surface area contributed by atoms with Crippen LogP contribution in [0.3, 0.4) is 0 Å². The van der Waals surface area contributed by atoms with Crippen LogP contribution in [0, 0.1) is 5.92 Å². The van der Waals surface area contributed by atoms with E-state index in [2.05, 4.69) is 10.1 Å². The van der Waals surface area contributed by atoms with Crippen molar-refractivity contribution >= 4 is 17.5 Å². The maximum Gasteiger partial charge on any atom is 0.387 e. The highest BCUT2D eigenvalue weighted by Gasteiger charge is 2.26. The number of rotatable bonds is 7. The topological polar surface area (TPSA) is 61.9 Å². The van der Waals surface area contributed by atoms with Gasteiger partial charge in [-0.15, -0.1) is 0 Å². The number of benzene rings is 1. The van der Waals surface area contributed by atoms with E-state index in [1.807, 2.05) is 9.80 Å². The molecule has 1 saturated carbocycles. The van der Waals surface area contributed by atoms with E-state index in [1.54, 1.807) is 12.1 Å². The second-order valence-corrected chi connectivity index (χ2v) is 7.43. The Morgan fingerprint density at radius 1 is 1.11 bits per heavy atom. The number of ether oxygens (including phenoxy) is 1. The van der Waals surface area contributed by atoms with Gasteiger partial charge in [0.05, 0.1) is 12.2 Å². The Morgan fingerprint density at radius 3 is 2.46 bits per heavy atom. The van der Waals surface area contributed by atoms with Crippen LogP contribution in [0.15, 0.2) is 24.3 Å². The van der Waals surface area contributed by atoms with Gasteiger partial charge in [0.25, 0.3) is 0 Å². The summed E-state index contributed by atoms with van der Waals surface area (Å²) < 4.78 is 29.4. The first-order valence-electron chi connectivity index (χ1n) is 9.85. The molecule has 3 rings (SSSR count). The second kappa shape index (κ2) is 9.82. The normalized spacial score (nSPS) is 18.5. The largest absolute Gasteiger partial charge is 0.433 e. The number of piperazine rings is 1. The van der Waals surface area contributed by atoms with E-state index in [0.29, 0.717) is 38.5 Å². The highest BCUT2D eigenvalue weighted by Crippen LogP contribution is 2.28. The summed E-state index contributed by atoms with van der Waals surface area (Å²) in [6.07, 6.45) is 5.41. The fraction of sp³-hybridized carbons (Fsp3) is 0.600. The average molecular weight is 395 g/mol. The van der Waals surface area contributed by atoms with Gasteiger partial charge in [-0.05, 0) is 30.9 Å². The molecule has 0 bridgehead atoms. The summed E-state index contributed by atoms with van der Waals surface area (Å²) in [5, 5.41) is 2.63. The van der Waals surface area contributed by atoms with Crippen molar-refractivity contribution < 1.29 is 23.1 Å². The molecule has 28 heavy (non-hydrogen) atoms. The monoisotopic (exact) mass is 395 g/mol. The number of halogens is 2. The lowest BCUT2D eigenvalue weighted by atomic mass is 10.0. The van der Waals surface area contributed by atoms with Crippen molar-refractivity contribution in [1.82, 2.24) is 9.80 Å². The highest BCUT2D eigenvalue weighted by molar-refractivity contribution is 5.93. The molecule has 1 saturated heterocycles. The minimum atomic E-state index is -2.95. The van der Waals surface area contributed by atoms with Gasteiger partial charge < -0.3 is 15.0 Å². The van der Waals surface area contributed by atoms with E-state index in [4.69, 9.17) is 0 Å². The van der Waals surface area contributed by atoms with Crippen LogP contribution in [-0.2, 0) is 9.59 Å². The van der Waals surface area contributed by atoms with Crippen molar-refractivity contribution in [2.24, 2.45) is 5.92 Å². The molecule has 0 aromatic heterocycles. The molecule has 1 N–H and O–H groups in total. The maximum atomic E-state index is 12.5. The molecule has 154 valence electrons. The zero-order chi connectivity index (χ0) is 19.9. The molecule has 1 aromatic rings. The van der Waals surface area contributed by atoms with Gasteiger partial charge >= 0.3 is 6.61 Å². The smallest absolute Gasteiger partial charge is 0.387 e. The van der Waals surface area contributed by atoms with Crippen molar-refractivity contribution in [2.45, 2.75) is 38.7 Å². The van der Waals surface area contributed by atoms with Gasteiger partial charge in [-0.25, -0.2) is 0 Å². The lowest BCUT2D eigenvalue weighted by Gasteiger charge is -2.34. The second-order valence-electron chi connectivity index (χ2n) is 7.43. The van der Waals surface area contributed by atoms with E-state index in [0.717, 1.165) is 12.8 Å². The minimum Gasteiger partial charge on any atom is -0.433 e.